The van der Waals surface area contributed by atoms with Crippen LogP contribution < -0.4 is 5.73 Å². The van der Waals surface area contributed by atoms with Gasteiger partial charge in [-0.2, -0.15) is 11.3 Å². The zero-order chi connectivity index (χ0) is 13.8. The summed E-state index contributed by atoms with van der Waals surface area (Å²) in [5.74, 6) is 0. The summed E-state index contributed by atoms with van der Waals surface area (Å²) in [5.41, 5.74) is 7.94. The maximum absolute atomic E-state index is 6.63. The van der Waals surface area contributed by atoms with Gasteiger partial charge in [-0.25, -0.2) is 0 Å². The topological polar surface area (TPSA) is 29.3 Å². The highest BCUT2D eigenvalue weighted by molar-refractivity contribution is 9.10. The van der Waals surface area contributed by atoms with Crippen molar-refractivity contribution >= 4 is 27.3 Å². The first-order chi connectivity index (χ1) is 8.57. The first kappa shape index (κ1) is 16.2. The van der Waals surface area contributed by atoms with E-state index < -0.39 is 0 Å². The highest BCUT2D eigenvalue weighted by Gasteiger charge is 2.39. The highest BCUT2D eigenvalue weighted by atomic mass is 79.9. The molecule has 2 N–H and O–H groups in total. The molecule has 1 heterocycles. The molecule has 1 atom stereocenters. The molecule has 1 rings (SSSR count). The quantitative estimate of drug-likeness (QED) is 0.801. The maximum Gasteiger partial charge on any atom is 0.0501 e. The number of hydrogen-bond donors (Lipinski definition) is 1. The molecule has 0 aliphatic heterocycles. The van der Waals surface area contributed by atoms with E-state index in [1.807, 2.05) is 0 Å². The molecule has 0 radical (unpaired) electrons. The smallest absolute Gasteiger partial charge is 0.0501 e. The van der Waals surface area contributed by atoms with Crippen molar-refractivity contribution in [1.29, 1.82) is 0 Å². The fraction of sp³-hybridized carbons (Fsp3) is 0.714. The first-order valence-electron chi connectivity index (χ1n) is 6.79. The maximum atomic E-state index is 6.63. The fourth-order valence-corrected chi connectivity index (χ4v) is 4.57. The summed E-state index contributed by atoms with van der Waals surface area (Å²) >= 11 is 5.34. The van der Waals surface area contributed by atoms with Crippen LogP contribution in [0, 0.1) is 0 Å². The molecule has 104 valence electrons. The summed E-state index contributed by atoms with van der Waals surface area (Å²) in [6.07, 6.45) is 2.16. The molecule has 1 aromatic heterocycles. The van der Waals surface area contributed by atoms with Gasteiger partial charge in [0.1, 0.15) is 0 Å². The van der Waals surface area contributed by atoms with Crippen LogP contribution in [0.5, 0.6) is 0 Å². The van der Waals surface area contributed by atoms with E-state index in [9.17, 15) is 0 Å². The van der Waals surface area contributed by atoms with Gasteiger partial charge in [-0.1, -0.05) is 27.7 Å². The molecule has 0 spiro atoms. The molecule has 1 aromatic rings. The van der Waals surface area contributed by atoms with Gasteiger partial charge in [-0.05, 0) is 52.8 Å². The molecule has 0 fully saturated rings. The van der Waals surface area contributed by atoms with Gasteiger partial charge in [0.2, 0.25) is 0 Å². The third-order valence-electron chi connectivity index (χ3n) is 4.17. The normalized spacial score (nSPS) is 14.2. The average molecular weight is 333 g/mol. The van der Waals surface area contributed by atoms with Gasteiger partial charge in [0.25, 0.3) is 0 Å². The summed E-state index contributed by atoms with van der Waals surface area (Å²) in [5, 5.41) is 4.30. The van der Waals surface area contributed by atoms with Crippen molar-refractivity contribution in [2.75, 3.05) is 13.1 Å². The zero-order valence-corrected chi connectivity index (χ0v) is 14.3. The standard InChI is InChI=1S/C14H25BrN2S/c1-5-14(6-2,17(7-3)8-4)13(16)11-9-18-10-12(11)15/h9-10,13H,5-8,16H2,1-4H3. The van der Waals surface area contributed by atoms with Crippen molar-refractivity contribution in [2.45, 2.75) is 52.1 Å². The Kier molecular flexibility index (Phi) is 6.31. The lowest BCUT2D eigenvalue weighted by Crippen LogP contribution is -2.54. The van der Waals surface area contributed by atoms with Gasteiger partial charge >= 0.3 is 0 Å². The lowest BCUT2D eigenvalue weighted by atomic mass is 9.80. The van der Waals surface area contributed by atoms with Crippen molar-refractivity contribution in [3.8, 4) is 0 Å². The molecule has 18 heavy (non-hydrogen) atoms. The molecular weight excluding hydrogens is 308 g/mol. The van der Waals surface area contributed by atoms with Gasteiger partial charge in [0, 0.05) is 15.4 Å². The summed E-state index contributed by atoms with van der Waals surface area (Å²) < 4.78 is 1.15. The van der Waals surface area contributed by atoms with Crippen molar-refractivity contribution < 1.29 is 0 Å². The molecule has 0 aliphatic carbocycles. The third kappa shape index (κ3) is 2.82. The molecule has 0 bridgehead atoms. The van der Waals surface area contributed by atoms with Crippen LogP contribution in [-0.2, 0) is 0 Å². The Bertz CT molecular complexity index is 356. The SMILES string of the molecule is CCN(CC)C(CC)(CC)C(N)c1cscc1Br. The number of halogens is 1. The fourth-order valence-electron chi connectivity index (χ4n) is 2.99. The van der Waals surface area contributed by atoms with Crippen LogP contribution in [0.15, 0.2) is 15.2 Å². The summed E-state index contributed by atoms with van der Waals surface area (Å²) in [4.78, 5) is 2.52. The third-order valence-corrected chi connectivity index (χ3v) is 5.93. The lowest BCUT2D eigenvalue weighted by Gasteiger charge is -2.46. The van der Waals surface area contributed by atoms with E-state index in [-0.39, 0.29) is 11.6 Å². The average Bonchev–Trinajstić information content (AvgIpc) is 2.81. The van der Waals surface area contributed by atoms with Gasteiger partial charge in [0.05, 0.1) is 6.04 Å². The summed E-state index contributed by atoms with van der Waals surface area (Å²) in [6.45, 7) is 11.0. The van der Waals surface area contributed by atoms with Gasteiger partial charge in [0.15, 0.2) is 0 Å². The van der Waals surface area contributed by atoms with E-state index in [4.69, 9.17) is 5.73 Å². The number of thiophene rings is 1. The number of nitrogens with zero attached hydrogens (tertiary/aromatic N) is 1. The van der Waals surface area contributed by atoms with Crippen molar-refractivity contribution in [3.63, 3.8) is 0 Å². The summed E-state index contributed by atoms with van der Waals surface area (Å²) in [6, 6.07) is 0.0630. The number of likely N-dealkylation sites (N-methyl/N-ethyl adjacent to an activating group) is 1. The Morgan fingerprint density at radius 3 is 2.11 bits per heavy atom. The Labute approximate surface area is 124 Å². The van der Waals surface area contributed by atoms with Crippen LogP contribution in [0.25, 0.3) is 0 Å². The Hall–Kier alpha value is 0.100. The van der Waals surface area contributed by atoms with E-state index in [1.54, 1.807) is 11.3 Å². The predicted octanol–water partition coefficient (Wildman–Crippen LogP) is 4.41. The molecule has 0 saturated heterocycles. The number of rotatable bonds is 7. The number of hydrogen-bond acceptors (Lipinski definition) is 3. The van der Waals surface area contributed by atoms with Crippen molar-refractivity contribution in [1.82, 2.24) is 4.90 Å². The predicted molar refractivity (Wildman–Crippen MR) is 85.2 cm³/mol. The van der Waals surface area contributed by atoms with Crippen LogP contribution in [0.4, 0.5) is 0 Å². The van der Waals surface area contributed by atoms with E-state index in [1.165, 1.54) is 5.56 Å². The van der Waals surface area contributed by atoms with Crippen LogP contribution in [-0.4, -0.2) is 23.5 Å². The van der Waals surface area contributed by atoms with Crippen LogP contribution in [0.1, 0.15) is 52.1 Å². The van der Waals surface area contributed by atoms with Crippen molar-refractivity contribution in [3.05, 3.63) is 20.8 Å². The zero-order valence-electron chi connectivity index (χ0n) is 11.9. The van der Waals surface area contributed by atoms with Gasteiger partial charge in [-0.15, -0.1) is 0 Å². The molecule has 4 heteroatoms. The minimum Gasteiger partial charge on any atom is -0.322 e. The number of nitrogens with two attached hydrogens (primary N) is 1. The lowest BCUT2D eigenvalue weighted by molar-refractivity contribution is 0.0624. The summed E-state index contributed by atoms with van der Waals surface area (Å²) in [7, 11) is 0. The van der Waals surface area contributed by atoms with Crippen LogP contribution in [0.3, 0.4) is 0 Å². The molecule has 0 aromatic carbocycles. The minimum atomic E-state index is 0.0626. The Morgan fingerprint density at radius 2 is 1.78 bits per heavy atom. The van der Waals surface area contributed by atoms with Crippen molar-refractivity contribution in [2.24, 2.45) is 5.73 Å². The monoisotopic (exact) mass is 332 g/mol. The second-order valence-electron chi connectivity index (χ2n) is 4.64. The Balaban J connectivity index is 3.15. The minimum absolute atomic E-state index is 0.0626. The van der Waals surface area contributed by atoms with E-state index in [2.05, 4.69) is 59.3 Å². The van der Waals surface area contributed by atoms with Gasteiger partial charge in [-0.3, -0.25) is 4.90 Å². The van der Waals surface area contributed by atoms with E-state index in [0.717, 1.165) is 30.4 Å². The van der Waals surface area contributed by atoms with E-state index >= 15 is 0 Å². The molecular formula is C14H25BrN2S. The molecule has 0 aliphatic rings. The Morgan fingerprint density at radius 1 is 1.22 bits per heavy atom. The molecule has 0 saturated carbocycles. The first-order valence-corrected chi connectivity index (χ1v) is 8.53. The van der Waals surface area contributed by atoms with E-state index in [0.29, 0.717) is 0 Å². The largest absolute Gasteiger partial charge is 0.322 e. The molecule has 1 unspecified atom stereocenters. The van der Waals surface area contributed by atoms with Gasteiger partial charge < -0.3 is 5.73 Å². The second-order valence-corrected chi connectivity index (χ2v) is 6.23. The second kappa shape index (κ2) is 7.04. The van der Waals surface area contributed by atoms with Crippen LogP contribution in [0.2, 0.25) is 0 Å². The van der Waals surface area contributed by atoms with Crippen LogP contribution >= 0.6 is 27.3 Å². The molecule has 2 nitrogen and oxygen atoms in total. The highest BCUT2D eigenvalue weighted by Crippen LogP contribution is 2.39. The molecule has 0 amide bonds.